The van der Waals surface area contributed by atoms with Crippen LogP contribution < -0.4 is 5.73 Å². The van der Waals surface area contributed by atoms with Crippen LogP contribution in [0.4, 0.5) is 5.82 Å². The minimum absolute atomic E-state index is 0.0126. The van der Waals surface area contributed by atoms with Gasteiger partial charge in [-0.2, -0.15) is 12.7 Å². The lowest BCUT2D eigenvalue weighted by atomic mass is 10.1. The summed E-state index contributed by atoms with van der Waals surface area (Å²) in [6.45, 7) is 0.277. The Balaban J connectivity index is 1.83. The fourth-order valence-electron chi connectivity index (χ4n) is 3.01. The van der Waals surface area contributed by atoms with Gasteiger partial charge in [-0.1, -0.05) is 6.07 Å². The van der Waals surface area contributed by atoms with Crippen LogP contribution in [0.2, 0.25) is 0 Å². The van der Waals surface area contributed by atoms with Crippen molar-refractivity contribution in [2.24, 2.45) is 0 Å². The summed E-state index contributed by atoms with van der Waals surface area (Å²) in [6.07, 6.45) is 1.37. The molecule has 1 aromatic heterocycles. The van der Waals surface area contributed by atoms with E-state index in [1.165, 1.54) is 18.3 Å². The van der Waals surface area contributed by atoms with Gasteiger partial charge >= 0.3 is 10.3 Å². The molecule has 0 aliphatic carbocycles. The number of carbonyl (C=O) groups is 1. The van der Waals surface area contributed by atoms with E-state index in [0.29, 0.717) is 11.3 Å². The number of methoxy groups -OCH3 is 1. The smallest absolute Gasteiger partial charge is 0.336 e. The highest BCUT2D eigenvalue weighted by Crippen LogP contribution is 2.21. The molecule has 2 heterocycles. The summed E-state index contributed by atoms with van der Waals surface area (Å²) in [5.74, 6) is -0.0578. The summed E-state index contributed by atoms with van der Waals surface area (Å²) in [5, 5.41) is 0.719. The maximum atomic E-state index is 12.7. The average Bonchev–Trinajstić information content (AvgIpc) is 2.58. The predicted molar refractivity (Wildman–Crippen MR) is 93.3 cm³/mol. The van der Waals surface area contributed by atoms with Gasteiger partial charge in [0, 0.05) is 32.1 Å². The molecule has 3 rings (SSSR count). The van der Waals surface area contributed by atoms with E-state index >= 15 is 0 Å². The zero-order valence-electron chi connectivity index (χ0n) is 14.1. The average molecular weight is 381 g/mol. The van der Waals surface area contributed by atoms with Crippen LogP contribution in [-0.4, -0.2) is 70.9 Å². The number of ether oxygens (including phenoxy) is 1. The highest BCUT2D eigenvalue weighted by Gasteiger charge is 2.40. The molecule has 0 unspecified atom stereocenters. The minimum atomic E-state index is -4.49. The fraction of sp³-hybridized carbons (Fsp3) is 0.400. The first-order chi connectivity index (χ1) is 12.3. The van der Waals surface area contributed by atoms with Gasteiger partial charge in [0.05, 0.1) is 12.1 Å². The first kappa shape index (κ1) is 18.5. The Bertz CT molecular complexity index is 935. The molecular weight excluding hydrogens is 362 g/mol. The van der Waals surface area contributed by atoms with E-state index in [9.17, 15) is 17.8 Å². The molecule has 3 N–H and O–H groups in total. The van der Waals surface area contributed by atoms with E-state index in [4.69, 9.17) is 10.5 Å². The van der Waals surface area contributed by atoms with Crippen molar-refractivity contribution in [3.05, 3.63) is 30.1 Å². The number of hydrogen-bond donors (Lipinski definition) is 2. The lowest BCUT2D eigenvalue weighted by molar-refractivity contribution is -0.141. The van der Waals surface area contributed by atoms with E-state index in [1.54, 1.807) is 12.1 Å². The number of nitrogen functional groups attached to an aromatic ring is 1. The molecule has 1 aromatic carbocycles. The van der Waals surface area contributed by atoms with Crippen molar-refractivity contribution in [3.63, 3.8) is 0 Å². The van der Waals surface area contributed by atoms with Crippen LogP contribution in [0.1, 0.15) is 5.56 Å². The molecule has 1 aliphatic heterocycles. The number of carbonyl (C=O) groups excluding carboxylic acids is 1. The van der Waals surface area contributed by atoms with Crippen molar-refractivity contribution in [3.8, 4) is 0 Å². The minimum Gasteiger partial charge on any atom is -0.383 e. The first-order valence-corrected chi connectivity index (χ1v) is 9.22. The second-order valence-electron chi connectivity index (χ2n) is 5.93. The Labute approximate surface area is 150 Å². The number of rotatable bonds is 5. The molecule has 11 heteroatoms. The van der Waals surface area contributed by atoms with Gasteiger partial charge in [0.2, 0.25) is 5.91 Å². The lowest BCUT2D eigenvalue weighted by Crippen LogP contribution is -2.59. The number of aromatic nitrogens is 2. The van der Waals surface area contributed by atoms with Crippen molar-refractivity contribution in [1.29, 1.82) is 0 Å². The summed E-state index contributed by atoms with van der Waals surface area (Å²) in [7, 11) is -3.12. The summed E-state index contributed by atoms with van der Waals surface area (Å²) in [5.41, 5.74) is 7.28. The highest BCUT2D eigenvalue weighted by molar-refractivity contribution is 7.83. The third kappa shape index (κ3) is 3.60. The molecule has 1 aliphatic rings. The zero-order valence-corrected chi connectivity index (χ0v) is 14.9. The third-order valence-corrected chi connectivity index (χ3v) is 5.29. The van der Waals surface area contributed by atoms with Gasteiger partial charge in [-0.25, -0.2) is 9.97 Å². The summed E-state index contributed by atoms with van der Waals surface area (Å²) in [4.78, 5) is 22.3. The molecule has 1 amide bonds. The van der Waals surface area contributed by atoms with Crippen LogP contribution in [0.25, 0.3) is 10.9 Å². The van der Waals surface area contributed by atoms with Crippen LogP contribution in [0.3, 0.4) is 0 Å². The Morgan fingerprint density at radius 1 is 1.35 bits per heavy atom. The molecule has 0 saturated carbocycles. The fourth-order valence-corrected chi connectivity index (χ4v) is 3.79. The van der Waals surface area contributed by atoms with Crippen LogP contribution in [0.5, 0.6) is 0 Å². The number of benzene rings is 1. The van der Waals surface area contributed by atoms with Gasteiger partial charge in [-0.05, 0) is 17.7 Å². The normalized spacial score (nSPS) is 19.2. The van der Waals surface area contributed by atoms with Gasteiger partial charge in [0.1, 0.15) is 18.2 Å². The number of nitrogens with zero attached hydrogens (tertiary/aromatic N) is 4. The maximum Gasteiger partial charge on any atom is 0.336 e. The largest absolute Gasteiger partial charge is 0.383 e. The topological polar surface area (TPSA) is 139 Å². The van der Waals surface area contributed by atoms with Crippen molar-refractivity contribution in [2.75, 3.05) is 32.5 Å². The van der Waals surface area contributed by atoms with Gasteiger partial charge < -0.3 is 15.4 Å². The Morgan fingerprint density at radius 2 is 2.12 bits per heavy atom. The van der Waals surface area contributed by atoms with Crippen LogP contribution in [0, 0.1) is 0 Å². The molecule has 0 bridgehead atoms. The van der Waals surface area contributed by atoms with Crippen LogP contribution in [-0.2, 0) is 26.4 Å². The summed E-state index contributed by atoms with van der Waals surface area (Å²) in [6, 6.07) is 4.31. The zero-order chi connectivity index (χ0) is 18.9. The van der Waals surface area contributed by atoms with E-state index < -0.39 is 22.3 Å². The molecule has 1 fully saturated rings. The number of hydrogen-bond acceptors (Lipinski definition) is 7. The van der Waals surface area contributed by atoms with Crippen molar-refractivity contribution < 1.29 is 22.5 Å². The second kappa shape index (κ2) is 7.11. The second-order valence-corrected chi connectivity index (χ2v) is 7.29. The Morgan fingerprint density at radius 3 is 2.81 bits per heavy atom. The van der Waals surface area contributed by atoms with Gasteiger partial charge in [-0.3, -0.25) is 9.35 Å². The van der Waals surface area contributed by atoms with E-state index in [0.717, 1.165) is 15.3 Å². The molecule has 1 saturated heterocycles. The first-order valence-electron chi connectivity index (χ1n) is 7.82. The quantitative estimate of drug-likeness (QED) is 0.672. The van der Waals surface area contributed by atoms with Crippen molar-refractivity contribution in [2.45, 2.75) is 12.6 Å². The summed E-state index contributed by atoms with van der Waals surface area (Å²) < 4.78 is 38.0. The summed E-state index contributed by atoms with van der Waals surface area (Å²) >= 11 is 0. The molecule has 1 atom stereocenters. The highest BCUT2D eigenvalue weighted by atomic mass is 32.2. The maximum absolute atomic E-state index is 12.7. The standard InChI is InChI=1S/C15H19N5O5S/c1-25-8-13-15(21)19(4-5-20(13)26(22,23)24)7-10-2-3-11-12(6-10)17-9-18-14(11)16/h2-3,6,9,13H,4-5,7-8H2,1H3,(H2,16,17,18)(H,22,23,24)/t13-/m0/s1. The third-order valence-electron chi connectivity index (χ3n) is 4.26. The van der Waals surface area contributed by atoms with Crippen molar-refractivity contribution >= 4 is 32.9 Å². The van der Waals surface area contributed by atoms with Gasteiger partial charge in [0.15, 0.2) is 0 Å². The molecular formula is C15H19N5O5S. The molecule has 10 nitrogen and oxygen atoms in total. The van der Waals surface area contributed by atoms with E-state index in [2.05, 4.69) is 9.97 Å². The Hall–Kier alpha value is -2.34. The number of nitrogens with two attached hydrogens (primary N) is 1. The van der Waals surface area contributed by atoms with E-state index in [1.807, 2.05) is 6.07 Å². The van der Waals surface area contributed by atoms with Crippen LogP contribution in [0.15, 0.2) is 24.5 Å². The molecule has 2 aromatic rings. The predicted octanol–water partition coefficient (Wildman–Crippen LogP) is -0.326. The van der Waals surface area contributed by atoms with Crippen LogP contribution >= 0.6 is 0 Å². The number of fused-ring (bicyclic) bond motifs is 1. The molecule has 0 radical (unpaired) electrons. The SMILES string of the molecule is COC[C@H]1C(=O)N(Cc2ccc3c(N)ncnc3c2)CCN1S(=O)(=O)O. The molecule has 140 valence electrons. The van der Waals surface area contributed by atoms with E-state index in [-0.39, 0.29) is 26.2 Å². The number of anilines is 1. The Kier molecular flexibility index (Phi) is 5.05. The molecule has 0 spiro atoms. The molecule has 26 heavy (non-hydrogen) atoms. The monoisotopic (exact) mass is 381 g/mol. The lowest BCUT2D eigenvalue weighted by Gasteiger charge is -2.38. The number of piperazine rings is 1. The number of amides is 1. The van der Waals surface area contributed by atoms with Crippen molar-refractivity contribution in [1.82, 2.24) is 19.2 Å². The van der Waals surface area contributed by atoms with Gasteiger partial charge in [0.25, 0.3) is 0 Å². The van der Waals surface area contributed by atoms with Gasteiger partial charge in [-0.15, -0.1) is 0 Å².